The second-order valence-corrected chi connectivity index (χ2v) is 10.7. The largest absolute Gasteiger partial charge is 0.415 e. The Hall–Kier alpha value is -4.30. The van der Waals surface area contributed by atoms with E-state index in [4.69, 9.17) is 11.5 Å². The second kappa shape index (κ2) is 9.13. The lowest BCUT2D eigenvalue weighted by molar-refractivity contribution is -0.0959. The van der Waals surface area contributed by atoms with E-state index in [0.717, 1.165) is 63.9 Å². The third-order valence-electron chi connectivity index (χ3n) is 8.34. The van der Waals surface area contributed by atoms with Crippen molar-refractivity contribution in [2.75, 3.05) is 28.6 Å². The zero-order valence-corrected chi connectivity index (χ0v) is 21.7. The zero-order valence-electron chi connectivity index (χ0n) is 21.7. The molecule has 4 aromatic carbocycles. The highest BCUT2D eigenvalue weighted by Gasteiger charge is 2.44. The van der Waals surface area contributed by atoms with E-state index < -0.39 is 17.8 Å². The van der Waals surface area contributed by atoms with Crippen LogP contribution in [0.3, 0.4) is 0 Å². The number of hydrogen-bond donors (Lipinski definition) is 2. The summed E-state index contributed by atoms with van der Waals surface area (Å²) in [5, 5.41) is 5.51. The second-order valence-electron chi connectivity index (χ2n) is 10.7. The summed E-state index contributed by atoms with van der Waals surface area (Å²) < 4.78 is 44.2. The van der Waals surface area contributed by atoms with Gasteiger partial charge in [0, 0.05) is 42.6 Å². The molecule has 8 heteroatoms. The minimum Gasteiger partial charge on any atom is -0.398 e. The number of nitrogens with zero attached hydrogens (tertiary/aromatic N) is 3. The molecule has 2 aliphatic heterocycles. The predicted molar refractivity (Wildman–Crippen MR) is 157 cm³/mol. The summed E-state index contributed by atoms with van der Waals surface area (Å²) in [4.78, 5) is 8.50. The van der Waals surface area contributed by atoms with Crippen LogP contribution < -0.4 is 21.3 Å². The summed E-state index contributed by atoms with van der Waals surface area (Å²) in [6, 6.07) is 18.2. The van der Waals surface area contributed by atoms with E-state index in [1.54, 1.807) is 17.3 Å². The van der Waals surface area contributed by atoms with Gasteiger partial charge in [0.2, 0.25) is 0 Å². The smallest absolute Gasteiger partial charge is 0.398 e. The molecule has 0 amide bonds. The predicted octanol–water partition coefficient (Wildman–Crippen LogP) is 7.05. The molecule has 0 bridgehead atoms. The molecule has 3 heterocycles. The fourth-order valence-corrected chi connectivity index (χ4v) is 6.39. The number of aromatic nitrogens is 1. The van der Waals surface area contributed by atoms with Crippen molar-refractivity contribution in [2.24, 2.45) is 5.73 Å². The minimum atomic E-state index is -4.55. The standard InChI is InChI=1S/C32H28F3N5/c33-32(34,35)25-3-2-16-40(31-27(4-1-15-38-31)39-17-13-21(36)14-18-39)30(25)23-9-7-19-5-6-20-8-12-26(37)24-11-10-22(23)28(19)29(20)24/h1-12,15-16,21,30H,13-14,17-18,36-37H2. The van der Waals surface area contributed by atoms with Gasteiger partial charge in [0.25, 0.3) is 0 Å². The first-order chi connectivity index (χ1) is 19.3. The van der Waals surface area contributed by atoms with Gasteiger partial charge in [-0.05, 0) is 69.6 Å². The molecule has 0 spiro atoms. The Morgan fingerprint density at radius 1 is 0.850 bits per heavy atom. The molecule has 5 aromatic rings. The SMILES string of the molecule is Nc1ccc2ccc3ccc(C4C(C(F)(F)F)=CC=CN4c4ncccc4N4CCC(N)CC4)c4ccc1c2c34. The van der Waals surface area contributed by atoms with Crippen LogP contribution in [0.4, 0.5) is 30.4 Å². The first-order valence-corrected chi connectivity index (χ1v) is 13.5. The van der Waals surface area contributed by atoms with Crippen LogP contribution in [0.15, 0.2) is 90.8 Å². The lowest BCUT2D eigenvalue weighted by atomic mass is 9.86. The number of pyridine rings is 1. The molecular weight excluding hydrogens is 511 g/mol. The summed E-state index contributed by atoms with van der Waals surface area (Å²) in [6.07, 6.45) is 3.07. The molecule has 4 N–H and O–H groups in total. The summed E-state index contributed by atoms with van der Waals surface area (Å²) in [7, 11) is 0. The third kappa shape index (κ3) is 3.85. The Bertz CT molecular complexity index is 1800. The molecule has 7 rings (SSSR count). The van der Waals surface area contributed by atoms with Crippen LogP contribution >= 0.6 is 0 Å². The number of halogens is 3. The lowest BCUT2D eigenvalue weighted by Gasteiger charge is -2.39. The van der Waals surface area contributed by atoms with E-state index in [1.165, 1.54) is 12.2 Å². The van der Waals surface area contributed by atoms with Crippen LogP contribution in [0.25, 0.3) is 32.3 Å². The molecule has 2 aliphatic rings. The molecule has 1 atom stereocenters. The van der Waals surface area contributed by atoms with Gasteiger partial charge in [0.05, 0.1) is 17.3 Å². The molecule has 1 unspecified atom stereocenters. The molecule has 0 radical (unpaired) electrons. The molecular formula is C32H28F3N5. The minimum absolute atomic E-state index is 0.130. The fourth-order valence-electron chi connectivity index (χ4n) is 6.39. The molecule has 0 aliphatic carbocycles. The first-order valence-electron chi connectivity index (χ1n) is 13.5. The van der Waals surface area contributed by atoms with E-state index in [-0.39, 0.29) is 6.04 Å². The van der Waals surface area contributed by atoms with Gasteiger partial charge in [-0.1, -0.05) is 48.5 Å². The van der Waals surface area contributed by atoms with Gasteiger partial charge in [0.15, 0.2) is 5.82 Å². The van der Waals surface area contributed by atoms with Crippen molar-refractivity contribution in [3.05, 3.63) is 96.3 Å². The summed E-state index contributed by atoms with van der Waals surface area (Å²) >= 11 is 0. The van der Waals surface area contributed by atoms with Crippen molar-refractivity contribution >= 4 is 49.5 Å². The van der Waals surface area contributed by atoms with Crippen molar-refractivity contribution in [1.82, 2.24) is 4.98 Å². The maximum atomic E-state index is 14.7. The Morgan fingerprint density at radius 3 is 2.27 bits per heavy atom. The van der Waals surface area contributed by atoms with Gasteiger partial charge in [-0.25, -0.2) is 4.98 Å². The van der Waals surface area contributed by atoms with E-state index in [1.807, 2.05) is 60.7 Å². The molecule has 40 heavy (non-hydrogen) atoms. The number of benzene rings is 4. The number of alkyl halides is 3. The average Bonchev–Trinajstić information content (AvgIpc) is 2.96. The van der Waals surface area contributed by atoms with Gasteiger partial charge in [-0.15, -0.1) is 0 Å². The Balaban J connectivity index is 1.46. The van der Waals surface area contributed by atoms with Crippen molar-refractivity contribution in [1.29, 1.82) is 0 Å². The molecule has 202 valence electrons. The van der Waals surface area contributed by atoms with E-state index in [2.05, 4.69) is 9.88 Å². The Kier molecular flexibility index (Phi) is 5.64. The van der Waals surface area contributed by atoms with E-state index in [0.29, 0.717) is 17.1 Å². The molecule has 0 saturated carbocycles. The van der Waals surface area contributed by atoms with Crippen molar-refractivity contribution in [2.45, 2.75) is 31.1 Å². The van der Waals surface area contributed by atoms with Crippen molar-refractivity contribution in [3.63, 3.8) is 0 Å². The van der Waals surface area contributed by atoms with E-state index in [9.17, 15) is 13.2 Å². The Morgan fingerprint density at radius 2 is 1.52 bits per heavy atom. The number of nitrogen functional groups attached to an aromatic ring is 1. The van der Waals surface area contributed by atoms with Crippen LogP contribution in [0.1, 0.15) is 24.4 Å². The van der Waals surface area contributed by atoms with Crippen LogP contribution in [0.5, 0.6) is 0 Å². The van der Waals surface area contributed by atoms with Crippen molar-refractivity contribution < 1.29 is 13.2 Å². The lowest BCUT2D eigenvalue weighted by Crippen LogP contribution is -2.41. The number of anilines is 3. The van der Waals surface area contributed by atoms with Crippen LogP contribution in [-0.2, 0) is 0 Å². The normalized spacial score (nSPS) is 18.8. The van der Waals surface area contributed by atoms with Gasteiger partial charge in [-0.3, -0.25) is 0 Å². The maximum Gasteiger partial charge on any atom is 0.415 e. The number of hydrogen-bond acceptors (Lipinski definition) is 5. The van der Waals surface area contributed by atoms with Gasteiger partial charge in [-0.2, -0.15) is 13.2 Å². The number of rotatable bonds is 3. The van der Waals surface area contributed by atoms with Crippen LogP contribution in [0, 0.1) is 0 Å². The highest BCUT2D eigenvalue weighted by atomic mass is 19.4. The quantitative estimate of drug-likeness (QED) is 0.190. The molecule has 1 fully saturated rings. The number of allylic oxidation sites excluding steroid dienone is 2. The highest BCUT2D eigenvalue weighted by Crippen LogP contribution is 2.48. The summed E-state index contributed by atoms with van der Waals surface area (Å²) in [5.41, 5.74) is 13.8. The Labute approximate surface area is 229 Å². The number of nitrogens with two attached hydrogens (primary N) is 2. The summed E-state index contributed by atoms with van der Waals surface area (Å²) in [5.74, 6) is 0.490. The highest BCUT2D eigenvalue weighted by molar-refractivity contribution is 6.25. The average molecular weight is 540 g/mol. The number of piperidine rings is 1. The van der Waals surface area contributed by atoms with Crippen LogP contribution in [-0.4, -0.2) is 30.3 Å². The molecule has 5 nitrogen and oxygen atoms in total. The maximum absolute atomic E-state index is 14.7. The molecule has 1 aromatic heterocycles. The van der Waals surface area contributed by atoms with E-state index >= 15 is 0 Å². The molecule has 1 saturated heterocycles. The van der Waals surface area contributed by atoms with Gasteiger partial charge < -0.3 is 21.3 Å². The first kappa shape index (κ1) is 24.7. The van der Waals surface area contributed by atoms with Gasteiger partial charge in [0.1, 0.15) is 0 Å². The fraction of sp³-hybridized carbons (Fsp3) is 0.219. The summed E-state index contributed by atoms with van der Waals surface area (Å²) in [6.45, 7) is 1.45. The monoisotopic (exact) mass is 539 g/mol. The van der Waals surface area contributed by atoms with Gasteiger partial charge >= 0.3 is 6.18 Å². The van der Waals surface area contributed by atoms with Crippen LogP contribution in [0.2, 0.25) is 0 Å². The third-order valence-corrected chi connectivity index (χ3v) is 8.34. The topological polar surface area (TPSA) is 71.4 Å². The zero-order chi connectivity index (χ0) is 27.6. The van der Waals surface area contributed by atoms with Crippen molar-refractivity contribution in [3.8, 4) is 0 Å².